The highest BCUT2D eigenvalue weighted by Gasteiger charge is 2.07. The molecule has 0 saturated carbocycles. The van der Waals surface area contributed by atoms with E-state index in [9.17, 15) is 0 Å². The fraction of sp³-hybridized carbons (Fsp3) is 0.182. The smallest absolute Gasteiger partial charge is 0.107 e. The molecule has 1 aromatic heterocycles. The van der Waals surface area contributed by atoms with E-state index in [1.54, 1.807) is 6.20 Å². The normalized spacial score (nSPS) is 12.7. The van der Waals surface area contributed by atoms with E-state index in [4.69, 9.17) is 5.73 Å². The lowest BCUT2D eigenvalue weighted by molar-refractivity contribution is 0.694. The average molecular weight is 266 g/mol. The number of rotatable bonds is 3. The van der Waals surface area contributed by atoms with Crippen molar-refractivity contribution in [3.05, 3.63) is 52.5 Å². The predicted octanol–water partition coefficient (Wildman–Crippen LogP) is 2.41. The van der Waals surface area contributed by atoms with Crippen molar-refractivity contribution in [1.82, 2.24) is 9.97 Å². The highest BCUT2D eigenvalue weighted by atomic mass is 79.9. The number of aromatic amines is 1. The lowest BCUT2D eigenvalue weighted by Gasteiger charge is -2.10. The van der Waals surface area contributed by atoms with E-state index in [1.807, 2.05) is 30.5 Å². The summed E-state index contributed by atoms with van der Waals surface area (Å²) in [5, 5.41) is 0. The zero-order valence-electron chi connectivity index (χ0n) is 8.15. The van der Waals surface area contributed by atoms with Crippen molar-refractivity contribution in [2.24, 2.45) is 5.73 Å². The van der Waals surface area contributed by atoms with Crippen LogP contribution in [-0.4, -0.2) is 9.97 Å². The molecule has 2 aromatic rings. The van der Waals surface area contributed by atoms with Crippen molar-refractivity contribution in [2.75, 3.05) is 0 Å². The highest BCUT2D eigenvalue weighted by Crippen LogP contribution is 2.17. The molecule has 1 atom stereocenters. The Labute approximate surface area is 96.9 Å². The molecule has 0 aliphatic heterocycles. The second-order valence-corrected chi connectivity index (χ2v) is 4.31. The highest BCUT2D eigenvalue weighted by molar-refractivity contribution is 9.10. The first-order valence-corrected chi connectivity index (χ1v) is 5.54. The van der Waals surface area contributed by atoms with Crippen LogP contribution in [0.1, 0.15) is 17.4 Å². The summed E-state index contributed by atoms with van der Waals surface area (Å²) >= 11 is 3.40. The monoisotopic (exact) mass is 265 g/mol. The Morgan fingerprint density at radius 3 is 2.67 bits per heavy atom. The van der Waals surface area contributed by atoms with E-state index < -0.39 is 0 Å². The van der Waals surface area contributed by atoms with Gasteiger partial charge in [-0.3, -0.25) is 0 Å². The fourth-order valence-corrected chi connectivity index (χ4v) is 1.71. The molecule has 4 heteroatoms. The number of H-pyrrole nitrogens is 1. The lowest BCUT2D eigenvalue weighted by Crippen LogP contribution is -2.13. The Bertz CT molecular complexity index is 408. The van der Waals surface area contributed by atoms with E-state index >= 15 is 0 Å². The predicted molar refractivity (Wildman–Crippen MR) is 63.4 cm³/mol. The molecule has 1 heterocycles. The summed E-state index contributed by atoms with van der Waals surface area (Å²) in [7, 11) is 0. The summed E-state index contributed by atoms with van der Waals surface area (Å²) in [5.41, 5.74) is 7.18. The van der Waals surface area contributed by atoms with Crippen molar-refractivity contribution >= 4 is 15.9 Å². The summed E-state index contributed by atoms with van der Waals surface area (Å²) in [6.45, 7) is 0. The molecule has 0 fully saturated rings. The minimum absolute atomic E-state index is 0.00995. The van der Waals surface area contributed by atoms with Gasteiger partial charge in [-0.25, -0.2) is 4.98 Å². The van der Waals surface area contributed by atoms with E-state index in [0.717, 1.165) is 22.3 Å². The second kappa shape index (κ2) is 4.59. The number of halogens is 1. The molecule has 1 aromatic carbocycles. The van der Waals surface area contributed by atoms with Gasteiger partial charge in [0.05, 0.1) is 0 Å². The van der Waals surface area contributed by atoms with Gasteiger partial charge in [-0.15, -0.1) is 0 Å². The number of nitrogens with zero attached hydrogens (tertiary/aromatic N) is 1. The molecule has 0 spiro atoms. The molecular formula is C11H12BrN3. The maximum atomic E-state index is 6.06. The standard InChI is InChI=1S/C11H12BrN3/c12-9-3-1-8(2-4-9)10(13)7-11-14-5-6-15-11/h1-6,10H,7,13H2,(H,14,15). The van der Waals surface area contributed by atoms with Gasteiger partial charge in [0.25, 0.3) is 0 Å². The summed E-state index contributed by atoms with van der Waals surface area (Å²) in [6.07, 6.45) is 4.28. The van der Waals surface area contributed by atoms with Crippen molar-refractivity contribution in [2.45, 2.75) is 12.5 Å². The zero-order valence-corrected chi connectivity index (χ0v) is 9.74. The average Bonchev–Trinajstić information content (AvgIpc) is 2.71. The minimum atomic E-state index is -0.00995. The molecular weight excluding hydrogens is 254 g/mol. The Balaban J connectivity index is 2.08. The van der Waals surface area contributed by atoms with Gasteiger partial charge in [-0.1, -0.05) is 28.1 Å². The van der Waals surface area contributed by atoms with Crippen LogP contribution in [0.25, 0.3) is 0 Å². The third kappa shape index (κ3) is 2.67. The van der Waals surface area contributed by atoms with Gasteiger partial charge in [0, 0.05) is 29.3 Å². The number of hydrogen-bond donors (Lipinski definition) is 2. The number of aromatic nitrogens is 2. The Hall–Kier alpha value is -1.13. The molecule has 0 aliphatic rings. The number of imidazole rings is 1. The Morgan fingerprint density at radius 1 is 1.33 bits per heavy atom. The first kappa shape index (κ1) is 10.4. The molecule has 0 bridgehead atoms. The van der Waals surface area contributed by atoms with Crippen molar-refractivity contribution in [3.8, 4) is 0 Å². The molecule has 3 N–H and O–H groups in total. The molecule has 2 rings (SSSR count). The van der Waals surface area contributed by atoms with Crippen LogP contribution < -0.4 is 5.73 Å². The molecule has 0 amide bonds. The maximum absolute atomic E-state index is 6.06. The third-order valence-electron chi connectivity index (χ3n) is 2.27. The van der Waals surface area contributed by atoms with Gasteiger partial charge in [0.15, 0.2) is 0 Å². The first-order valence-electron chi connectivity index (χ1n) is 4.75. The summed E-state index contributed by atoms with van der Waals surface area (Å²) < 4.78 is 1.07. The number of nitrogens with one attached hydrogen (secondary N) is 1. The van der Waals surface area contributed by atoms with Crippen LogP contribution in [0, 0.1) is 0 Å². The van der Waals surface area contributed by atoms with Crippen LogP contribution in [0.3, 0.4) is 0 Å². The van der Waals surface area contributed by atoms with Gasteiger partial charge < -0.3 is 10.7 Å². The van der Waals surface area contributed by atoms with E-state index in [0.29, 0.717) is 0 Å². The molecule has 0 radical (unpaired) electrons. The Morgan fingerprint density at radius 2 is 2.07 bits per heavy atom. The SMILES string of the molecule is NC(Cc1ncc[nH]1)c1ccc(Br)cc1. The summed E-state index contributed by atoms with van der Waals surface area (Å²) in [6, 6.07) is 8.04. The van der Waals surface area contributed by atoms with Crippen LogP contribution >= 0.6 is 15.9 Å². The van der Waals surface area contributed by atoms with E-state index in [1.165, 1.54) is 0 Å². The Kier molecular flexibility index (Phi) is 3.18. The van der Waals surface area contributed by atoms with Crippen LogP contribution in [-0.2, 0) is 6.42 Å². The topological polar surface area (TPSA) is 54.7 Å². The van der Waals surface area contributed by atoms with Crippen molar-refractivity contribution in [1.29, 1.82) is 0 Å². The van der Waals surface area contributed by atoms with Crippen LogP contribution in [0.2, 0.25) is 0 Å². The summed E-state index contributed by atoms with van der Waals surface area (Å²) in [5.74, 6) is 0.922. The van der Waals surface area contributed by atoms with E-state index in [2.05, 4.69) is 25.9 Å². The van der Waals surface area contributed by atoms with Gasteiger partial charge in [0.2, 0.25) is 0 Å². The third-order valence-corrected chi connectivity index (χ3v) is 2.79. The summed E-state index contributed by atoms with van der Waals surface area (Å²) in [4.78, 5) is 7.20. The van der Waals surface area contributed by atoms with Crippen LogP contribution in [0.5, 0.6) is 0 Å². The molecule has 15 heavy (non-hydrogen) atoms. The molecule has 0 saturated heterocycles. The largest absolute Gasteiger partial charge is 0.349 e. The quantitative estimate of drug-likeness (QED) is 0.896. The second-order valence-electron chi connectivity index (χ2n) is 3.40. The van der Waals surface area contributed by atoms with Crippen molar-refractivity contribution < 1.29 is 0 Å². The number of hydrogen-bond acceptors (Lipinski definition) is 2. The molecule has 78 valence electrons. The first-order chi connectivity index (χ1) is 7.25. The van der Waals surface area contributed by atoms with Crippen molar-refractivity contribution in [3.63, 3.8) is 0 Å². The zero-order chi connectivity index (χ0) is 10.7. The fourth-order valence-electron chi connectivity index (χ4n) is 1.45. The lowest BCUT2D eigenvalue weighted by atomic mass is 10.0. The van der Waals surface area contributed by atoms with Gasteiger partial charge in [-0.05, 0) is 17.7 Å². The number of nitrogens with two attached hydrogens (primary N) is 1. The van der Waals surface area contributed by atoms with Gasteiger partial charge in [0.1, 0.15) is 5.82 Å². The van der Waals surface area contributed by atoms with Crippen LogP contribution in [0.4, 0.5) is 0 Å². The van der Waals surface area contributed by atoms with Gasteiger partial charge >= 0.3 is 0 Å². The van der Waals surface area contributed by atoms with Gasteiger partial charge in [-0.2, -0.15) is 0 Å². The van der Waals surface area contributed by atoms with Crippen LogP contribution in [0.15, 0.2) is 41.1 Å². The van der Waals surface area contributed by atoms with E-state index in [-0.39, 0.29) is 6.04 Å². The molecule has 0 aliphatic carbocycles. The minimum Gasteiger partial charge on any atom is -0.349 e. The molecule has 1 unspecified atom stereocenters. The molecule has 3 nitrogen and oxygen atoms in total. The number of benzene rings is 1. The maximum Gasteiger partial charge on any atom is 0.107 e.